The molecule has 1 N–H and O–H groups in total. The van der Waals surface area contributed by atoms with E-state index in [4.69, 9.17) is 21.4 Å². The lowest BCUT2D eigenvalue weighted by Crippen LogP contribution is -2.01. The number of aryl methyl sites for hydroxylation is 1. The molecule has 0 spiro atoms. The first-order valence-electron chi connectivity index (χ1n) is 5.64. The first-order chi connectivity index (χ1) is 9.08. The van der Waals surface area contributed by atoms with Crippen LogP contribution in [0.15, 0.2) is 36.5 Å². The number of nitrogens with zero attached hydrogens (tertiary/aromatic N) is 1. The summed E-state index contributed by atoms with van der Waals surface area (Å²) in [6.07, 6.45) is 1.69. The van der Waals surface area contributed by atoms with Gasteiger partial charge < -0.3 is 9.84 Å². The van der Waals surface area contributed by atoms with Crippen molar-refractivity contribution in [3.05, 3.63) is 58.4 Å². The van der Waals surface area contributed by atoms with Crippen LogP contribution in [0.3, 0.4) is 0 Å². The smallest absolute Gasteiger partial charge is 0.335 e. The van der Waals surface area contributed by atoms with Gasteiger partial charge in [0.15, 0.2) is 0 Å². The van der Waals surface area contributed by atoms with E-state index in [9.17, 15) is 4.79 Å². The van der Waals surface area contributed by atoms with E-state index in [-0.39, 0.29) is 12.2 Å². The fraction of sp³-hybridized carbons (Fsp3) is 0.143. The van der Waals surface area contributed by atoms with Crippen LogP contribution in [-0.4, -0.2) is 16.1 Å². The van der Waals surface area contributed by atoms with E-state index in [0.29, 0.717) is 10.8 Å². The molecule has 0 unspecified atom stereocenters. The standard InChI is InChI=1S/C14H12ClNO3/c1-9-13(3-2-6-16-9)19-8-11-5-4-10(14(17)18)7-12(11)15/h2-7H,8H2,1H3,(H,17,18). The summed E-state index contributed by atoms with van der Waals surface area (Å²) in [5, 5.41) is 9.22. The Balaban J connectivity index is 2.12. The first kappa shape index (κ1) is 13.4. The highest BCUT2D eigenvalue weighted by Gasteiger charge is 2.08. The topological polar surface area (TPSA) is 59.4 Å². The van der Waals surface area contributed by atoms with Crippen LogP contribution in [0.25, 0.3) is 0 Å². The summed E-state index contributed by atoms with van der Waals surface area (Å²) in [4.78, 5) is 14.9. The number of rotatable bonds is 4. The Bertz CT molecular complexity index is 613. The van der Waals surface area contributed by atoms with E-state index in [1.807, 2.05) is 13.0 Å². The quantitative estimate of drug-likeness (QED) is 0.931. The summed E-state index contributed by atoms with van der Waals surface area (Å²) in [7, 11) is 0. The summed E-state index contributed by atoms with van der Waals surface area (Å²) in [6.45, 7) is 2.12. The van der Waals surface area contributed by atoms with Gasteiger partial charge in [0.05, 0.1) is 11.3 Å². The van der Waals surface area contributed by atoms with Crippen LogP contribution in [0.1, 0.15) is 21.6 Å². The average Bonchev–Trinajstić information content (AvgIpc) is 2.39. The number of carboxylic acid groups (broad SMARTS) is 1. The molecule has 0 atom stereocenters. The number of aromatic nitrogens is 1. The maximum absolute atomic E-state index is 10.8. The number of carboxylic acids is 1. The first-order valence-corrected chi connectivity index (χ1v) is 6.02. The molecular formula is C14H12ClNO3. The third-order valence-electron chi connectivity index (χ3n) is 2.64. The second-order valence-electron chi connectivity index (χ2n) is 3.99. The zero-order valence-corrected chi connectivity index (χ0v) is 11.0. The van der Waals surface area contributed by atoms with Crippen molar-refractivity contribution in [2.75, 3.05) is 0 Å². The molecule has 0 bridgehead atoms. The van der Waals surface area contributed by atoms with Crippen LogP contribution in [-0.2, 0) is 6.61 Å². The fourth-order valence-corrected chi connectivity index (χ4v) is 1.81. The number of aromatic carboxylic acids is 1. The van der Waals surface area contributed by atoms with Gasteiger partial charge in [-0.1, -0.05) is 17.7 Å². The Kier molecular flexibility index (Phi) is 4.02. The molecular weight excluding hydrogens is 266 g/mol. The third-order valence-corrected chi connectivity index (χ3v) is 2.99. The van der Waals surface area contributed by atoms with Crippen LogP contribution < -0.4 is 4.74 Å². The van der Waals surface area contributed by atoms with Crippen molar-refractivity contribution in [2.45, 2.75) is 13.5 Å². The summed E-state index contributed by atoms with van der Waals surface area (Å²) in [6, 6.07) is 8.18. The van der Waals surface area contributed by atoms with Gasteiger partial charge in [-0.05, 0) is 31.2 Å². The number of hydrogen-bond acceptors (Lipinski definition) is 3. The molecule has 0 aliphatic carbocycles. The molecule has 2 rings (SSSR count). The van der Waals surface area contributed by atoms with E-state index in [1.54, 1.807) is 18.3 Å². The molecule has 98 valence electrons. The van der Waals surface area contributed by atoms with Gasteiger partial charge in [0.25, 0.3) is 0 Å². The Morgan fingerprint density at radius 2 is 2.21 bits per heavy atom. The molecule has 19 heavy (non-hydrogen) atoms. The van der Waals surface area contributed by atoms with Gasteiger partial charge in [-0.25, -0.2) is 4.79 Å². The van der Waals surface area contributed by atoms with E-state index in [0.717, 1.165) is 11.3 Å². The molecule has 0 amide bonds. The minimum atomic E-state index is -1.00. The van der Waals surface area contributed by atoms with Gasteiger partial charge in [-0.15, -0.1) is 0 Å². The fourth-order valence-electron chi connectivity index (χ4n) is 1.57. The highest BCUT2D eigenvalue weighted by Crippen LogP contribution is 2.21. The molecule has 0 radical (unpaired) electrons. The minimum absolute atomic E-state index is 0.159. The molecule has 4 nitrogen and oxygen atoms in total. The van der Waals surface area contributed by atoms with Gasteiger partial charge in [-0.3, -0.25) is 4.98 Å². The molecule has 1 aromatic carbocycles. The number of halogens is 1. The van der Waals surface area contributed by atoms with Crippen LogP contribution >= 0.6 is 11.6 Å². The van der Waals surface area contributed by atoms with Crippen molar-refractivity contribution >= 4 is 17.6 Å². The van der Waals surface area contributed by atoms with Crippen molar-refractivity contribution in [3.8, 4) is 5.75 Å². The van der Waals surface area contributed by atoms with Crippen LogP contribution in [0.4, 0.5) is 0 Å². The highest BCUT2D eigenvalue weighted by atomic mass is 35.5. The average molecular weight is 278 g/mol. The lowest BCUT2D eigenvalue weighted by molar-refractivity contribution is 0.0697. The molecule has 5 heteroatoms. The molecule has 0 aliphatic rings. The lowest BCUT2D eigenvalue weighted by atomic mass is 10.1. The highest BCUT2D eigenvalue weighted by molar-refractivity contribution is 6.31. The normalized spacial score (nSPS) is 10.2. The van der Waals surface area contributed by atoms with E-state index in [2.05, 4.69) is 4.98 Å². The number of hydrogen-bond donors (Lipinski definition) is 1. The Morgan fingerprint density at radius 1 is 1.42 bits per heavy atom. The Morgan fingerprint density at radius 3 is 2.84 bits per heavy atom. The number of ether oxygens (including phenoxy) is 1. The van der Waals surface area contributed by atoms with E-state index < -0.39 is 5.97 Å². The van der Waals surface area contributed by atoms with Gasteiger partial charge in [0.2, 0.25) is 0 Å². The molecule has 1 heterocycles. The van der Waals surface area contributed by atoms with Crippen LogP contribution in [0, 0.1) is 6.92 Å². The zero-order chi connectivity index (χ0) is 13.8. The predicted octanol–water partition coefficient (Wildman–Crippen LogP) is 3.32. The van der Waals surface area contributed by atoms with Gasteiger partial charge in [0, 0.05) is 16.8 Å². The summed E-state index contributed by atoms with van der Waals surface area (Å²) in [5.74, 6) is -0.321. The van der Waals surface area contributed by atoms with Gasteiger partial charge >= 0.3 is 5.97 Å². The predicted molar refractivity (Wildman–Crippen MR) is 71.7 cm³/mol. The maximum atomic E-state index is 10.8. The Hall–Kier alpha value is -2.07. The molecule has 0 aliphatic heterocycles. The Labute approximate surface area is 115 Å². The van der Waals surface area contributed by atoms with Gasteiger partial charge in [0.1, 0.15) is 12.4 Å². The SMILES string of the molecule is Cc1ncccc1OCc1ccc(C(=O)O)cc1Cl. The van der Waals surface area contributed by atoms with Gasteiger partial charge in [-0.2, -0.15) is 0 Å². The monoisotopic (exact) mass is 277 g/mol. The van der Waals surface area contributed by atoms with Crippen LogP contribution in [0.2, 0.25) is 5.02 Å². The largest absolute Gasteiger partial charge is 0.487 e. The van der Waals surface area contributed by atoms with Crippen LogP contribution in [0.5, 0.6) is 5.75 Å². The molecule has 0 saturated carbocycles. The van der Waals surface area contributed by atoms with E-state index in [1.165, 1.54) is 12.1 Å². The number of carbonyl (C=O) groups is 1. The third kappa shape index (κ3) is 3.23. The number of benzene rings is 1. The second-order valence-corrected chi connectivity index (χ2v) is 4.39. The molecule has 0 saturated heterocycles. The minimum Gasteiger partial charge on any atom is -0.487 e. The van der Waals surface area contributed by atoms with Crippen molar-refractivity contribution in [3.63, 3.8) is 0 Å². The summed E-state index contributed by atoms with van der Waals surface area (Å²) in [5.41, 5.74) is 1.68. The maximum Gasteiger partial charge on any atom is 0.335 e. The summed E-state index contributed by atoms with van der Waals surface area (Å²) < 4.78 is 5.61. The summed E-state index contributed by atoms with van der Waals surface area (Å²) >= 11 is 6.02. The van der Waals surface area contributed by atoms with Crippen molar-refractivity contribution in [1.29, 1.82) is 0 Å². The van der Waals surface area contributed by atoms with E-state index >= 15 is 0 Å². The second kappa shape index (κ2) is 5.71. The van der Waals surface area contributed by atoms with Crippen molar-refractivity contribution in [2.24, 2.45) is 0 Å². The molecule has 2 aromatic rings. The number of pyridine rings is 1. The lowest BCUT2D eigenvalue weighted by Gasteiger charge is -2.09. The van der Waals surface area contributed by atoms with Crippen molar-refractivity contribution < 1.29 is 14.6 Å². The van der Waals surface area contributed by atoms with Crippen molar-refractivity contribution in [1.82, 2.24) is 4.98 Å². The zero-order valence-electron chi connectivity index (χ0n) is 10.3. The molecule has 1 aromatic heterocycles. The molecule has 0 fully saturated rings.